The number of nitrogens with one attached hydrogen (secondary N) is 1. The van der Waals surface area contributed by atoms with Gasteiger partial charge in [0.25, 0.3) is 0 Å². The lowest BCUT2D eigenvalue weighted by Crippen LogP contribution is -2.42. The maximum atomic E-state index is 11.6. The normalized spacial score (nSPS) is 16.3. The van der Waals surface area contributed by atoms with Gasteiger partial charge in [-0.15, -0.1) is 0 Å². The Morgan fingerprint density at radius 1 is 1.50 bits per heavy atom. The molecule has 0 radical (unpaired) electrons. The van der Waals surface area contributed by atoms with Gasteiger partial charge in [0.15, 0.2) is 5.82 Å². The van der Waals surface area contributed by atoms with Gasteiger partial charge in [0.2, 0.25) is 11.8 Å². The van der Waals surface area contributed by atoms with Crippen LogP contribution in [0, 0.1) is 6.92 Å². The summed E-state index contributed by atoms with van der Waals surface area (Å²) < 4.78 is 4.91. The fraction of sp³-hybridized carbons (Fsp3) is 0.636. The van der Waals surface area contributed by atoms with Crippen LogP contribution >= 0.6 is 0 Å². The van der Waals surface area contributed by atoms with Gasteiger partial charge in [-0.3, -0.25) is 4.79 Å². The Kier molecular flexibility index (Phi) is 3.31. The molecule has 0 bridgehead atoms. The highest BCUT2D eigenvalue weighted by molar-refractivity contribution is 5.89. The molecule has 1 fully saturated rings. The van der Waals surface area contributed by atoms with Crippen LogP contribution in [0.3, 0.4) is 0 Å². The standard InChI is InChI=1S/C11H15N3O4/c1-7-12-9(18-14-7)4-2-3-8(15)13-11(5-6-11)10(16)17/h2-6H2,1H3,(H,13,15)(H,16,17). The molecule has 98 valence electrons. The molecule has 1 saturated carbocycles. The Balaban J connectivity index is 1.71. The first-order valence-corrected chi connectivity index (χ1v) is 5.85. The van der Waals surface area contributed by atoms with Gasteiger partial charge in [-0.2, -0.15) is 4.98 Å². The van der Waals surface area contributed by atoms with Crippen LogP contribution in [0.4, 0.5) is 0 Å². The Bertz CT molecular complexity index is 465. The molecule has 1 heterocycles. The quantitative estimate of drug-likeness (QED) is 0.761. The monoisotopic (exact) mass is 253 g/mol. The third kappa shape index (κ3) is 2.85. The molecular weight excluding hydrogens is 238 g/mol. The van der Waals surface area contributed by atoms with Crippen LogP contribution in [0.1, 0.15) is 37.4 Å². The van der Waals surface area contributed by atoms with E-state index in [0.29, 0.717) is 37.4 Å². The van der Waals surface area contributed by atoms with Crippen molar-refractivity contribution in [3.8, 4) is 0 Å². The van der Waals surface area contributed by atoms with Crippen LogP contribution in [0.15, 0.2) is 4.52 Å². The number of rotatable bonds is 6. The molecule has 1 amide bonds. The van der Waals surface area contributed by atoms with E-state index < -0.39 is 11.5 Å². The summed E-state index contributed by atoms with van der Waals surface area (Å²) in [6, 6.07) is 0. The summed E-state index contributed by atoms with van der Waals surface area (Å²) in [5, 5.41) is 15.1. The Morgan fingerprint density at radius 2 is 2.22 bits per heavy atom. The first-order chi connectivity index (χ1) is 8.52. The summed E-state index contributed by atoms with van der Waals surface area (Å²) in [7, 11) is 0. The van der Waals surface area contributed by atoms with Crippen LogP contribution in [-0.4, -0.2) is 32.7 Å². The third-order valence-corrected chi connectivity index (χ3v) is 2.90. The van der Waals surface area contributed by atoms with E-state index in [-0.39, 0.29) is 12.3 Å². The fourth-order valence-electron chi connectivity index (χ4n) is 1.69. The summed E-state index contributed by atoms with van der Waals surface area (Å²) in [5.74, 6) is -0.133. The summed E-state index contributed by atoms with van der Waals surface area (Å²) in [4.78, 5) is 26.4. The molecule has 18 heavy (non-hydrogen) atoms. The number of amides is 1. The Hall–Kier alpha value is -1.92. The van der Waals surface area contributed by atoms with Crippen molar-refractivity contribution in [1.29, 1.82) is 0 Å². The molecule has 1 aromatic rings. The van der Waals surface area contributed by atoms with E-state index in [1.54, 1.807) is 6.92 Å². The second kappa shape index (κ2) is 4.75. The number of aliphatic carboxylic acids is 1. The number of nitrogens with zero attached hydrogens (tertiary/aromatic N) is 2. The summed E-state index contributed by atoms with van der Waals surface area (Å²) in [5.41, 5.74) is -1.00. The second-order valence-corrected chi connectivity index (χ2v) is 4.52. The number of aryl methyl sites for hydroxylation is 2. The van der Waals surface area contributed by atoms with Gasteiger partial charge in [-0.1, -0.05) is 5.16 Å². The van der Waals surface area contributed by atoms with E-state index >= 15 is 0 Å². The maximum Gasteiger partial charge on any atom is 0.329 e. The average Bonchev–Trinajstić information content (AvgIpc) is 2.96. The molecule has 0 atom stereocenters. The summed E-state index contributed by atoms with van der Waals surface area (Å²) in [6.45, 7) is 1.73. The van der Waals surface area contributed by atoms with Gasteiger partial charge in [-0.05, 0) is 26.2 Å². The van der Waals surface area contributed by atoms with E-state index in [4.69, 9.17) is 9.63 Å². The summed E-state index contributed by atoms with van der Waals surface area (Å²) in [6.07, 6.45) is 2.36. The van der Waals surface area contributed by atoms with E-state index in [1.165, 1.54) is 0 Å². The van der Waals surface area contributed by atoms with Crippen LogP contribution in [0.2, 0.25) is 0 Å². The van der Waals surface area contributed by atoms with E-state index in [9.17, 15) is 9.59 Å². The highest BCUT2D eigenvalue weighted by Gasteiger charge is 2.51. The SMILES string of the molecule is Cc1noc(CCCC(=O)NC2(C(=O)O)CC2)n1. The lowest BCUT2D eigenvalue weighted by Gasteiger charge is -2.11. The first-order valence-electron chi connectivity index (χ1n) is 5.85. The van der Waals surface area contributed by atoms with Crippen molar-refractivity contribution in [1.82, 2.24) is 15.5 Å². The van der Waals surface area contributed by atoms with Crippen LogP contribution < -0.4 is 5.32 Å². The van der Waals surface area contributed by atoms with Crippen molar-refractivity contribution in [3.05, 3.63) is 11.7 Å². The Labute approximate surface area is 104 Å². The van der Waals surface area contributed by atoms with Gasteiger partial charge in [0.1, 0.15) is 5.54 Å². The molecule has 7 heteroatoms. The predicted octanol–water partition coefficient (Wildman–Crippen LogP) is 0.434. The number of carbonyl (C=O) groups is 2. The van der Waals surface area contributed by atoms with Crippen LogP contribution in [-0.2, 0) is 16.0 Å². The predicted molar refractivity (Wildman–Crippen MR) is 59.7 cm³/mol. The molecule has 0 saturated heterocycles. The highest BCUT2D eigenvalue weighted by Crippen LogP contribution is 2.35. The molecule has 1 aliphatic rings. The van der Waals surface area contributed by atoms with Crippen molar-refractivity contribution >= 4 is 11.9 Å². The number of carboxylic acids is 1. The Morgan fingerprint density at radius 3 is 2.72 bits per heavy atom. The van der Waals surface area contributed by atoms with Crippen molar-refractivity contribution in [2.75, 3.05) is 0 Å². The topological polar surface area (TPSA) is 105 Å². The molecule has 7 nitrogen and oxygen atoms in total. The summed E-state index contributed by atoms with van der Waals surface area (Å²) >= 11 is 0. The smallest absolute Gasteiger partial charge is 0.329 e. The van der Waals surface area contributed by atoms with Gasteiger partial charge in [-0.25, -0.2) is 4.79 Å². The number of hydrogen-bond donors (Lipinski definition) is 2. The molecule has 1 aliphatic carbocycles. The maximum absolute atomic E-state index is 11.6. The largest absolute Gasteiger partial charge is 0.480 e. The second-order valence-electron chi connectivity index (χ2n) is 4.52. The van der Waals surface area contributed by atoms with Crippen LogP contribution in [0.25, 0.3) is 0 Å². The minimum Gasteiger partial charge on any atom is -0.480 e. The van der Waals surface area contributed by atoms with Crippen molar-refractivity contribution in [3.63, 3.8) is 0 Å². The molecular formula is C11H15N3O4. The fourth-order valence-corrected chi connectivity index (χ4v) is 1.69. The number of aromatic nitrogens is 2. The first kappa shape index (κ1) is 12.5. The number of hydrogen-bond acceptors (Lipinski definition) is 5. The van der Waals surface area contributed by atoms with Gasteiger partial charge in [0, 0.05) is 12.8 Å². The van der Waals surface area contributed by atoms with Crippen LogP contribution in [0.5, 0.6) is 0 Å². The van der Waals surface area contributed by atoms with E-state index in [2.05, 4.69) is 15.5 Å². The lowest BCUT2D eigenvalue weighted by molar-refractivity contribution is -0.143. The molecule has 0 spiro atoms. The zero-order chi connectivity index (χ0) is 13.2. The molecule has 0 unspecified atom stereocenters. The van der Waals surface area contributed by atoms with E-state index in [1.807, 2.05) is 0 Å². The minimum atomic E-state index is -1.00. The number of carbonyl (C=O) groups excluding carboxylic acids is 1. The van der Waals surface area contributed by atoms with E-state index in [0.717, 1.165) is 0 Å². The van der Waals surface area contributed by atoms with Gasteiger partial charge < -0.3 is 14.9 Å². The molecule has 2 N–H and O–H groups in total. The minimum absolute atomic E-state index is 0.244. The lowest BCUT2D eigenvalue weighted by atomic mass is 10.2. The third-order valence-electron chi connectivity index (χ3n) is 2.90. The highest BCUT2D eigenvalue weighted by atomic mass is 16.5. The van der Waals surface area contributed by atoms with Crippen molar-refractivity contribution in [2.24, 2.45) is 0 Å². The molecule has 0 aromatic carbocycles. The van der Waals surface area contributed by atoms with Gasteiger partial charge >= 0.3 is 5.97 Å². The molecule has 0 aliphatic heterocycles. The molecule has 2 rings (SSSR count). The van der Waals surface area contributed by atoms with Gasteiger partial charge in [0.05, 0.1) is 0 Å². The van der Waals surface area contributed by atoms with Crippen molar-refractivity contribution in [2.45, 2.75) is 44.6 Å². The number of carboxylic acid groups (broad SMARTS) is 1. The average molecular weight is 253 g/mol. The molecule has 1 aromatic heterocycles. The zero-order valence-corrected chi connectivity index (χ0v) is 10.1. The zero-order valence-electron chi connectivity index (χ0n) is 10.1. The van der Waals surface area contributed by atoms with Crippen molar-refractivity contribution < 1.29 is 19.2 Å².